The predicted molar refractivity (Wildman–Crippen MR) is 114 cm³/mol. The second kappa shape index (κ2) is 9.53. The average molecular weight is 395 g/mol. The molecule has 2 fully saturated rings. The normalized spacial score (nSPS) is 23.8. The third kappa shape index (κ3) is 4.69. The van der Waals surface area contributed by atoms with E-state index in [2.05, 4.69) is 53.1 Å². The third-order valence-corrected chi connectivity index (χ3v) is 5.91. The van der Waals surface area contributed by atoms with E-state index in [1.54, 1.807) is 0 Å². The molecular weight excluding hydrogens is 364 g/mol. The number of hydrogen-bond donors (Lipinski definition) is 0. The van der Waals surface area contributed by atoms with Crippen LogP contribution in [0.25, 0.3) is 0 Å². The fraction of sp³-hybridized carbons (Fsp3) is 0.458. The van der Waals surface area contributed by atoms with Crippen molar-refractivity contribution in [2.75, 3.05) is 37.7 Å². The van der Waals surface area contributed by atoms with Gasteiger partial charge in [-0.15, -0.1) is 0 Å². The number of hydrogen-bond acceptors (Lipinski definition) is 5. The Hall–Kier alpha value is -2.21. The van der Waals surface area contributed by atoms with Gasteiger partial charge in [0.15, 0.2) is 12.5 Å². The molecule has 3 unspecified atom stereocenters. The van der Waals surface area contributed by atoms with Crippen LogP contribution in [0.3, 0.4) is 0 Å². The topological polar surface area (TPSA) is 42.0 Å². The molecule has 2 aromatic rings. The maximum Gasteiger partial charge on any atom is 0.168 e. The summed E-state index contributed by atoms with van der Waals surface area (Å²) >= 11 is 0. The van der Waals surface area contributed by atoms with E-state index in [0.29, 0.717) is 0 Å². The highest BCUT2D eigenvalue weighted by atomic mass is 16.5. The summed E-state index contributed by atoms with van der Waals surface area (Å²) in [5.41, 5.74) is 3.71. The fourth-order valence-corrected chi connectivity index (χ4v) is 4.47. The molecule has 4 rings (SSSR count). The van der Waals surface area contributed by atoms with Crippen LogP contribution in [0, 0.1) is 0 Å². The van der Waals surface area contributed by atoms with E-state index < -0.39 is 6.23 Å². The first-order valence-corrected chi connectivity index (χ1v) is 10.6. The smallest absolute Gasteiger partial charge is 0.168 e. The van der Waals surface area contributed by atoms with E-state index in [0.717, 1.165) is 52.0 Å². The van der Waals surface area contributed by atoms with Crippen molar-refractivity contribution in [2.45, 2.75) is 38.1 Å². The summed E-state index contributed by atoms with van der Waals surface area (Å²) in [4.78, 5) is 16.4. The molecule has 3 atom stereocenters. The van der Waals surface area contributed by atoms with Crippen LogP contribution in [-0.4, -0.2) is 56.4 Å². The minimum Gasteiger partial charge on any atom is -0.378 e. The molecule has 0 spiro atoms. The first kappa shape index (κ1) is 20.1. The summed E-state index contributed by atoms with van der Waals surface area (Å²) in [6.07, 6.45) is 2.24. The zero-order valence-corrected chi connectivity index (χ0v) is 17.1. The van der Waals surface area contributed by atoms with E-state index in [1.165, 1.54) is 16.8 Å². The molecule has 154 valence electrons. The first-order chi connectivity index (χ1) is 14.3. The van der Waals surface area contributed by atoms with Crippen LogP contribution in [-0.2, 0) is 20.7 Å². The van der Waals surface area contributed by atoms with Gasteiger partial charge in [0.05, 0.1) is 19.3 Å². The Bertz CT molecular complexity index is 792. The van der Waals surface area contributed by atoms with Gasteiger partial charge in [-0.1, -0.05) is 49.4 Å². The van der Waals surface area contributed by atoms with Crippen molar-refractivity contribution in [1.82, 2.24) is 4.90 Å². The van der Waals surface area contributed by atoms with Gasteiger partial charge in [0.25, 0.3) is 0 Å². The molecule has 29 heavy (non-hydrogen) atoms. The summed E-state index contributed by atoms with van der Waals surface area (Å²) in [6, 6.07) is 19.2. The minimum atomic E-state index is -0.485. The quantitative estimate of drug-likeness (QED) is 0.673. The van der Waals surface area contributed by atoms with Gasteiger partial charge in [0.1, 0.15) is 0 Å². The molecule has 2 aliphatic rings. The van der Waals surface area contributed by atoms with Crippen molar-refractivity contribution in [3.05, 3.63) is 65.7 Å². The molecule has 2 aromatic carbocycles. The SMILES string of the molecule is CCC(c1cccc(N2CCOCC2)c1)N1CC(Cc2ccccc2)OC1C=O. The highest BCUT2D eigenvalue weighted by molar-refractivity contribution is 5.56. The van der Waals surface area contributed by atoms with Gasteiger partial charge in [0, 0.05) is 31.4 Å². The van der Waals surface area contributed by atoms with Gasteiger partial charge in [-0.25, -0.2) is 0 Å². The number of aldehydes is 1. The molecule has 2 aliphatic heterocycles. The Morgan fingerprint density at radius 2 is 1.90 bits per heavy atom. The number of ether oxygens (including phenoxy) is 2. The van der Waals surface area contributed by atoms with Crippen LogP contribution < -0.4 is 4.90 Å². The van der Waals surface area contributed by atoms with E-state index in [1.807, 2.05) is 18.2 Å². The summed E-state index contributed by atoms with van der Waals surface area (Å²) in [5.74, 6) is 0. The second-order valence-corrected chi connectivity index (χ2v) is 7.79. The Labute approximate surface area is 173 Å². The van der Waals surface area contributed by atoms with Gasteiger partial charge >= 0.3 is 0 Å². The lowest BCUT2D eigenvalue weighted by molar-refractivity contribution is -0.125. The summed E-state index contributed by atoms with van der Waals surface area (Å²) in [6.45, 7) is 6.33. The molecule has 0 aliphatic carbocycles. The molecule has 0 bridgehead atoms. The minimum absolute atomic E-state index is 0.0316. The summed E-state index contributed by atoms with van der Waals surface area (Å²) in [7, 11) is 0. The van der Waals surface area contributed by atoms with Crippen LogP contribution in [0.2, 0.25) is 0 Å². The second-order valence-electron chi connectivity index (χ2n) is 7.79. The zero-order valence-electron chi connectivity index (χ0n) is 17.1. The highest BCUT2D eigenvalue weighted by Crippen LogP contribution is 2.33. The third-order valence-electron chi connectivity index (χ3n) is 5.91. The lowest BCUT2D eigenvalue weighted by atomic mass is 10.0. The van der Waals surface area contributed by atoms with Crippen LogP contribution in [0.4, 0.5) is 5.69 Å². The predicted octanol–water partition coefficient (Wildman–Crippen LogP) is 3.44. The molecule has 2 heterocycles. The molecule has 5 nitrogen and oxygen atoms in total. The molecule has 0 aromatic heterocycles. The van der Waals surface area contributed by atoms with E-state index in [-0.39, 0.29) is 12.1 Å². The Morgan fingerprint density at radius 1 is 1.10 bits per heavy atom. The molecule has 2 saturated heterocycles. The number of nitrogens with zero attached hydrogens (tertiary/aromatic N) is 2. The van der Waals surface area contributed by atoms with Crippen LogP contribution in [0.1, 0.15) is 30.5 Å². The lowest BCUT2D eigenvalue weighted by Crippen LogP contribution is -2.37. The maximum absolute atomic E-state index is 11.8. The molecule has 0 radical (unpaired) electrons. The zero-order chi connectivity index (χ0) is 20.1. The van der Waals surface area contributed by atoms with Gasteiger partial charge in [-0.3, -0.25) is 9.69 Å². The molecular formula is C24H30N2O3. The van der Waals surface area contributed by atoms with Crippen molar-refractivity contribution >= 4 is 12.0 Å². The summed E-state index contributed by atoms with van der Waals surface area (Å²) < 4.78 is 11.6. The Morgan fingerprint density at radius 3 is 2.62 bits per heavy atom. The fourth-order valence-electron chi connectivity index (χ4n) is 4.47. The molecule has 0 amide bonds. The van der Waals surface area contributed by atoms with E-state index >= 15 is 0 Å². The van der Waals surface area contributed by atoms with Crippen LogP contribution in [0.5, 0.6) is 0 Å². The lowest BCUT2D eigenvalue weighted by Gasteiger charge is -2.32. The standard InChI is InChI=1S/C24H30N2O3/c1-2-23(20-9-6-10-21(16-20)25-11-13-28-14-12-25)26-17-22(29-24(26)18-27)15-19-7-4-3-5-8-19/h3-10,16,18,22-24H,2,11-15,17H2,1H3. The van der Waals surface area contributed by atoms with Crippen molar-refractivity contribution in [1.29, 1.82) is 0 Å². The number of anilines is 1. The number of morpholine rings is 1. The number of rotatable bonds is 7. The molecule has 5 heteroatoms. The van der Waals surface area contributed by atoms with Gasteiger partial charge in [0.2, 0.25) is 0 Å². The number of carbonyl (C=O) groups is 1. The van der Waals surface area contributed by atoms with Gasteiger partial charge in [-0.05, 0) is 36.1 Å². The Balaban J connectivity index is 1.51. The van der Waals surface area contributed by atoms with E-state index in [9.17, 15) is 4.79 Å². The first-order valence-electron chi connectivity index (χ1n) is 10.6. The molecule has 0 saturated carbocycles. The highest BCUT2D eigenvalue weighted by Gasteiger charge is 2.37. The van der Waals surface area contributed by atoms with Gasteiger partial charge in [-0.2, -0.15) is 0 Å². The number of benzene rings is 2. The van der Waals surface area contributed by atoms with Crippen molar-refractivity contribution in [2.24, 2.45) is 0 Å². The monoisotopic (exact) mass is 394 g/mol. The van der Waals surface area contributed by atoms with Crippen molar-refractivity contribution in [3.63, 3.8) is 0 Å². The van der Waals surface area contributed by atoms with Crippen LogP contribution >= 0.6 is 0 Å². The average Bonchev–Trinajstić information content (AvgIpc) is 3.18. The maximum atomic E-state index is 11.8. The van der Waals surface area contributed by atoms with Gasteiger partial charge < -0.3 is 14.4 Å². The summed E-state index contributed by atoms with van der Waals surface area (Å²) in [5, 5.41) is 0. The molecule has 0 N–H and O–H groups in total. The van der Waals surface area contributed by atoms with Crippen molar-refractivity contribution in [3.8, 4) is 0 Å². The van der Waals surface area contributed by atoms with E-state index in [4.69, 9.17) is 9.47 Å². The largest absolute Gasteiger partial charge is 0.378 e. The van der Waals surface area contributed by atoms with Crippen molar-refractivity contribution < 1.29 is 14.3 Å². The van der Waals surface area contributed by atoms with Crippen LogP contribution in [0.15, 0.2) is 54.6 Å². The Kier molecular flexibility index (Phi) is 6.60. The number of carbonyl (C=O) groups excluding carboxylic acids is 1.